The molecule has 0 radical (unpaired) electrons. The predicted octanol–water partition coefficient (Wildman–Crippen LogP) is 2.15. The summed E-state index contributed by atoms with van der Waals surface area (Å²) < 4.78 is 0. The number of nitrogen functional groups attached to an aromatic ring is 1. The highest BCUT2D eigenvalue weighted by Crippen LogP contribution is 2.14. The number of rotatable bonds is 6. The van der Waals surface area contributed by atoms with Crippen LogP contribution in [0.25, 0.3) is 0 Å². The molecule has 6 heteroatoms. The van der Waals surface area contributed by atoms with Crippen molar-refractivity contribution >= 4 is 17.2 Å². The van der Waals surface area contributed by atoms with Gasteiger partial charge in [0, 0.05) is 23.2 Å². The highest BCUT2D eigenvalue weighted by atomic mass is 32.1. The second-order valence-electron chi connectivity index (χ2n) is 4.34. The smallest absolute Gasteiger partial charge is 0.145 e. The van der Waals surface area contributed by atoms with E-state index < -0.39 is 0 Å². The number of nitrogens with one attached hydrogen (secondary N) is 1. The first-order valence-electron chi connectivity index (χ1n) is 6.27. The van der Waals surface area contributed by atoms with Gasteiger partial charge in [-0.25, -0.2) is 15.8 Å². The Morgan fingerprint density at radius 1 is 1.37 bits per heavy atom. The Morgan fingerprint density at radius 3 is 2.84 bits per heavy atom. The van der Waals surface area contributed by atoms with Gasteiger partial charge in [0.25, 0.3) is 0 Å². The van der Waals surface area contributed by atoms with Crippen molar-refractivity contribution in [3.63, 3.8) is 0 Å². The fourth-order valence-corrected chi connectivity index (χ4v) is 2.62. The summed E-state index contributed by atoms with van der Waals surface area (Å²) in [6, 6.07) is 6.06. The first-order chi connectivity index (χ1) is 9.21. The van der Waals surface area contributed by atoms with E-state index in [-0.39, 0.29) is 0 Å². The van der Waals surface area contributed by atoms with Crippen LogP contribution in [0.3, 0.4) is 0 Å². The van der Waals surface area contributed by atoms with E-state index in [1.54, 1.807) is 11.3 Å². The van der Waals surface area contributed by atoms with Gasteiger partial charge in [-0.3, -0.25) is 4.90 Å². The molecule has 3 N–H and O–H groups in total. The average Bonchev–Trinajstić information content (AvgIpc) is 2.90. The van der Waals surface area contributed by atoms with E-state index >= 15 is 0 Å². The zero-order valence-electron chi connectivity index (χ0n) is 11.3. The molecule has 5 nitrogen and oxygen atoms in total. The molecule has 19 heavy (non-hydrogen) atoms. The Morgan fingerprint density at radius 2 is 2.21 bits per heavy atom. The van der Waals surface area contributed by atoms with Crippen molar-refractivity contribution < 1.29 is 0 Å². The van der Waals surface area contributed by atoms with Crippen molar-refractivity contribution in [2.75, 3.05) is 12.0 Å². The lowest BCUT2D eigenvalue weighted by Gasteiger charge is -2.19. The third kappa shape index (κ3) is 3.99. The van der Waals surface area contributed by atoms with Gasteiger partial charge in [0.1, 0.15) is 11.6 Å². The van der Waals surface area contributed by atoms with Crippen LogP contribution >= 0.6 is 11.3 Å². The van der Waals surface area contributed by atoms with Crippen molar-refractivity contribution in [1.29, 1.82) is 0 Å². The van der Waals surface area contributed by atoms with Crippen LogP contribution < -0.4 is 11.3 Å². The Bertz CT molecular complexity index is 512. The number of anilines is 1. The summed E-state index contributed by atoms with van der Waals surface area (Å²) in [5.41, 5.74) is 3.50. The Balaban J connectivity index is 2.07. The fraction of sp³-hybridized carbons (Fsp3) is 0.385. The lowest BCUT2D eigenvalue weighted by molar-refractivity contribution is 0.266. The topological polar surface area (TPSA) is 67.1 Å². The third-order valence-corrected chi connectivity index (χ3v) is 3.68. The van der Waals surface area contributed by atoms with Gasteiger partial charge < -0.3 is 5.43 Å². The Labute approximate surface area is 117 Å². The Kier molecular flexibility index (Phi) is 4.84. The van der Waals surface area contributed by atoms with Crippen LogP contribution in [0, 0.1) is 6.92 Å². The molecule has 2 rings (SSSR count). The molecule has 0 aliphatic heterocycles. The lowest BCUT2D eigenvalue weighted by Crippen LogP contribution is -2.23. The van der Waals surface area contributed by atoms with Crippen LogP contribution in [0.5, 0.6) is 0 Å². The van der Waals surface area contributed by atoms with Gasteiger partial charge in [-0.15, -0.1) is 11.3 Å². The highest BCUT2D eigenvalue weighted by molar-refractivity contribution is 7.09. The Hall–Kier alpha value is -1.50. The normalized spacial score (nSPS) is 10.9. The molecular formula is C13H19N5S. The van der Waals surface area contributed by atoms with E-state index in [2.05, 4.69) is 44.7 Å². The molecule has 0 fully saturated rings. The molecule has 0 aromatic carbocycles. The highest BCUT2D eigenvalue weighted by Gasteiger charge is 2.09. The fourth-order valence-electron chi connectivity index (χ4n) is 1.88. The molecule has 0 saturated carbocycles. The summed E-state index contributed by atoms with van der Waals surface area (Å²) in [7, 11) is 0. The maximum absolute atomic E-state index is 5.41. The van der Waals surface area contributed by atoms with Crippen molar-refractivity contribution in [2.45, 2.75) is 26.9 Å². The summed E-state index contributed by atoms with van der Waals surface area (Å²) >= 11 is 1.77. The third-order valence-electron chi connectivity index (χ3n) is 2.82. The quantitative estimate of drug-likeness (QED) is 0.625. The number of hydrazine groups is 1. The van der Waals surface area contributed by atoms with E-state index in [1.165, 1.54) is 4.88 Å². The molecular weight excluding hydrogens is 258 g/mol. The number of nitrogens with zero attached hydrogens (tertiary/aromatic N) is 3. The van der Waals surface area contributed by atoms with E-state index in [0.29, 0.717) is 5.82 Å². The van der Waals surface area contributed by atoms with Crippen LogP contribution in [-0.4, -0.2) is 21.4 Å². The molecule has 2 heterocycles. The molecule has 0 aliphatic carbocycles. The minimum Gasteiger partial charge on any atom is -0.308 e. The second-order valence-corrected chi connectivity index (χ2v) is 5.37. The maximum Gasteiger partial charge on any atom is 0.145 e. The van der Waals surface area contributed by atoms with Crippen molar-refractivity contribution in [2.24, 2.45) is 5.84 Å². The van der Waals surface area contributed by atoms with Crippen LogP contribution in [0.4, 0.5) is 5.82 Å². The van der Waals surface area contributed by atoms with Gasteiger partial charge in [0.15, 0.2) is 0 Å². The monoisotopic (exact) mass is 277 g/mol. The molecule has 0 amide bonds. The standard InChI is InChI=1S/C13H19N5S/c1-3-18(8-11-5-4-6-19-11)9-13-15-10(2)7-12(16-13)17-14/h4-7H,3,8-9,14H2,1-2H3,(H,15,16,17). The van der Waals surface area contributed by atoms with E-state index in [1.807, 2.05) is 13.0 Å². The molecule has 0 bridgehead atoms. The average molecular weight is 277 g/mol. The minimum absolute atomic E-state index is 0.662. The van der Waals surface area contributed by atoms with Crippen LogP contribution in [-0.2, 0) is 13.1 Å². The van der Waals surface area contributed by atoms with Gasteiger partial charge in [-0.1, -0.05) is 13.0 Å². The minimum atomic E-state index is 0.662. The van der Waals surface area contributed by atoms with Crippen LogP contribution in [0.15, 0.2) is 23.6 Å². The largest absolute Gasteiger partial charge is 0.308 e. The van der Waals surface area contributed by atoms with Gasteiger partial charge in [-0.2, -0.15) is 0 Å². The van der Waals surface area contributed by atoms with Gasteiger partial charge in [0.2, 0.25) is 0 Å². The summed E-state index contributed by atoms with van der Waals surface area (Å²) in [5.74, 6) is 6.87. The summed E-state index contributed by atoms with van der Waals surface area (Å²) in [4.78, 5) is 12.5. The predicted molar refractivity (Wildman–Crippen MR) is 78.7 cm³/mol. The van der Waals surface area contributed by atoms with Crippen molar-refractivity contribution in [3.05, 3.63) is 40.0 Å². The van der Waals surface area contributed by atoms with E-state index in [9.17, 15) is 0 Å². The van der Waals surface area contributed by atoms with E-state index in [4.69, 9.17) is 5.84 Å². The zero-order chi connectivity index (χ0) is 13.7. The number of hydrogen-bond donors (Lipinski definition) is 2. The van der Waals surface area contributed by atoms with E-state index in [0.717, 1.165) is 31.2 Å². The number of nitrogens with two attached hydrogens (primary N) is 1. The molecule has 2 aromatic rings. The molecule has 0 unspecified atom stereocenters. The number of aromatic nitrogens is 2. The molecule has 0 spiro atoms. The van der Waals surface area contributed by atoms with Crippen molar-refractivity contribution in [3.8, 4) is 0 Å². The number of aryl methyl sites for hydroxylation is 1. The second kappa shape index (κ2) is 6.60. The summed E-state index contributed by atoms with van der Waals surface area (Å²) in [6.07, 6.45) is 0. The molecule has 2 aromatic heterocycles. The van der Waals surface area contributed by atoms with Crippen LogP contribution in [0.1, 0.15) is 23.3 Å². The first kappa shape index (κ1) is 13.9. The zero-order valence-corrected chi connectivity index (χ0v) is 12.1. The summed E-state index contributed by atoms with van der Waals surface area (Å²) in [5, 5.41) is 2.10. The van der Waals surface area contributed by atoms with Gasteiger partial charge >= 0.3 is 0 Å². The van der Waals surface area contributed by atoms with Gasteiger partial charge in [0.05, 0.1) is 6.54 Å². The molecule has 0 saturated heterocycles. The first-order valence-corrected chi connectivity index (χ1v) is 7.15. The summed E-state index contributed by atoms with van der Waals surface area (Å²) in [6.45, 7) is 6.70. The van der Waals surface area contributed by atoms with Crippen LogP contribution in [0.2, 0.25) is 0 Å². The number of thiophene rings is 1. The SMILES string of the molecule is CCN(Cc1nc(C)cc(NN)n1)Cc1cccs1. The number of hydrogen-bond acceptors (Lipinski definition) is 6. The van der Waals surface area contributed by atoms with Gasteiger partial charge in [-0.05, 0) is 24.9 Å². The molecule has 0 atom stereocenters. The molecule has 102 valence electrons. The molecule has 0 aliphatic rings. The lowest BCUT2D eigenvalue weighted by atomic mass is 10.3. The van der Waals surface area contributed by atoms with Crippen molar-refractivity contribution in [1.82, 2.24) is 14.9 Å². The maximum atomic E-state index is 5.41.